The molecular formula is C14H20Cl2N2O. The van der Waals surface area contributed by atoms with Gasteiger partial charge in [0.15, 0.2) is 0 Å². The first kappa shape index (κ1) is 16.3. The summed E-state index contributed by atoms with van der Waals surface area (Å²) in [6.07, 6.45) is 5.52. The topological polar surface area (TPSA) is 33.2 Å². The smallest absolute Gasteiger partial charge is 0.255 e. The van der Waals surface area contributed by atoms with E-state index in [1.807, 2.05) is 4.90 Å². The normalized spacial score (nSPS) is 10.5. The zero-order valence-electron chi connectivity index (χ0n) is 11.5. The molecule has 0 aromatic carbocycles. The lowest BCUT2D eigenvalue weighted by molar-refractivity contribution is 0.0751. The minimum Gasteiger partial charge on any atom is -0.339 e. The van der Waals surface area contributed by atoms with E-state index in [4.69, 9.17) is 23.2 Å². The number of halogens is 2. The van der Waals surface area contributed by atoms with Crippen molar-refractivity contribution in [2.75, 3.05) is 13.1 Å². The summed E-state index contributed by atoms with van der Waals surface area (Å²) in [5, 5.41) is 0.645. The zero-order valence-corrected chi connectivity index (χ0v) is 13.0. The maximum absolute atomic E-state index is 12.5. The summed E-state index contributed by atoms with van der Waals surface area (Å²) in [5.41, 5.74) is 0.439. The molecule has 0 atom stereocenters. The van der Waals surface area contributed by atoms with Gasteiger partial charge in [0, 0.05) is 19.3 Å². The molecule has 1 aromatic heterocycles. The first-order valence-electron chi connectivity index (χ1n) is 6.70. The van der Waals surface area contributed by atoms with Crippen molar-refractivity contribution in [1.82, 2.24) is 9.88 Å². The number of hydrogen-bond acceptors (Lipinski definition) is 2. The van der Waals surface area contributed by atoms with Crippen molar-refractivity contribution in [2.24, 2.45) is 0 Å². The lowest BCUT2D eigenvalue weighted by atomic mass is 10.2. The highest BCUT2D eigenvalue weighted by molar-refractivity contribution is 6.35. The van der Waals surface area contributed by atoms with E-state index in [1.165, 1.54) is 12.3 Å². The molecule has 0 saturated heterocycles. The van der Waals surface area contributed by atoms with Crippen LogP contribution >= 0.6 is 23.2 Å². The van der Waals surface area contributed by atoms with Gasteiger partial charge in [-0.15, -0.1) is 0 Å². The molecule has 0 spiro atoms. The number of pyridine rings is 1. The Morgan fingerprint density at radius 2 is 1.79 bits per heavy atom. The molecule has 0 N–H and O–H groups in total. The Labute approximate surface area is 124 Å². The fourth-order valence-electron chi connectivity index (χ4n) is 1.76. The van der Waals surface area contributed by atoms with Crippen LogP contribution in [0.15, 0.2) is 12.3 Å². The highest BCUT2D eigenvalue weighted by Crippen LogP contribution is 2.20. The van der Waals surface area contributed by atoms with Gasteiger partial charge >= 0.3 is 0 Å². The second-order valence-corrected chi connectivity index (χ2v) is 5.28. The Bertz CT molecular complexity index is 416. The number of nitrogens with zero attached hydrogens (tertiary/aromatic N) is 2. The minimum absolute atomic E-state index is 0.0591. The molecule has 1 amide bonds. The van der Waals surface area contributed by atoms with Crippen molar-refractivity contribution in [3.63, 3.8) is 0 Å². The van der Waals surface area contributed by atoms with Crippen molar-refractivity contribution in [1.29, 1.82) is 0 Å². The number of carbonyl (C=O) groups is 1. The maximum atomic E-state index is 12.5. The fraction of sp³-hybridized carbons (Fsp3) is 0.571. The van der Waals surface area contributed by atoms with Gasteiger partial charge in [-0.05, 0) is 18.9 Å². The van der Waals surface area contributed by atoms with Crippen LogP contribution in [-0.4, -0.2) is 28.9 Å². The molecule has 5 heteroatoms. The third-order valence-corrected chi connectivity index (χ3v) is 3.41. The van der Waals surface area contributed by atoms with Gasteiger partial charge in [-0.2, -0.15) is 0 Å². The molecule has 0 aliphatic rings. The second-order valence-electron chi connectivity index (χ2n) is 4.49. The van der Waals surface area contributed by atoms with Crippen LogP contribution in [-0.2, 0) is 0 Å². The summed E-state index contributed by atoms with van der Waals surface area (Å²) in [6.45, 7) is 5.73. The molecule has 1 aromatic rings. The summed E-state index contributed by atoms with van der Waals surface area (Å²) in [6, 6.07) is 1.54. The average molecular weight is 303 g/mol. The summed E-state index contributed by atoms with van der Waals surface area (Å²) in [4.78, 5) is 18.2. The van der Waals surface area contributed by atoms with Crippen molar-refractivity contribution < 1.29 is 4.79 Å². The third-order valence-electron chi connectivity index (χ3n) is 2.90. The zero-order chi connectivity index (χ0) is 14.3. The Balaban J connectivity index is 2.87. The van der Waals surface area contributed by atoms with Crippen LogP contribution in [0.25, 0.3) is 0 Å². The van der Waals surface area contributed by atoms with Gasteiger partial charge in [0.2, 0.25) is 0 Å². The molecule has 0 saturated carbocycles. The van der Waals surface area contributed by atoms with Crippen LogP contribution in [0.3, 0.4) is 0 Å². The van der Waals surface area contributed by atoms with E-state index in [0.717, 1.165) is 38.8 Å². The van der Waals surface area contributed by atoms with Crippen molar-refractivity contribution in [3.8, 4) is 0 Å². The van der Waals surface area contributed by atoms with E-state index in [-0.39, 0.29) is 5.91 Å². The van der Waals surface area contributed by atoms with Crippen molar-refractivity contribution >= 4 is 29.1 Å². The fourth-order valence-corrected chi connectivity index (χ4v) is 2.10. The standard InChI is InChI=1S/C14H20Cl2N2O/c1-3-5-7-18(8-6-4-2)14(19)11-9-13(16)17-10-12(11)15/h9-10H,3-8H2,1-2H3. The number of rotatable bonds is 7. The molecule has 0 aliphatic heterocycles. The molecule has 0 bridgehead atoms. The molecule has 1 rings (SSSR count). The monoisotopic (exact) mass is 302 g/mol. The Kier molecular flexibility index (Phi) is 7.17. The van der Waals surface area contributed by atoms with E-state index in [2.05, 4.69) is 18.8 Å². The lowest BCUT2D eigenvalue weighted by Gasteiger charge is -2.23. The molecule has 3 nitrogen and oxygen atoms in total. The number of aromatic nitrogens is 1. The Hall–Kier alpha value is -0.800. The Morgan fingerprint density at radius 1 is 1.21 bits per heavy atom. The number of amides is 1. The predicted octanol–water partition coefficient (Wildman–Crippen LogP) is 4.43. The first-order valence-corrected chi connectivity index (χ1v) is 7.46. The molecule has 106 valence electrons. The Morgan fingerprint density at radius 3 is 2.32 bits per heavy atom. The van der Waals surface area contributed by atoms with Crippen molar-refractivity contribution in [3.05, 3.63) is 28.0 Å². The molecular weight excluding hydrogens is 283 g/mol. The summed E-state index contributed by atoms with van der Waals surface area (Å²) < 4.78 is 0. The summed E-state index contributed by atoms with van der Waals surface area (Å²) in [7, 11) is 0. The molecule has 0 fully saturated rings. The summed E-state index contributed by atoms with van der Waals surface area (Å²) >= 11 is 11.9. The first-order chi connectivity index (χ1) is 9.10. The van der Waals surface area contributed by atoms with E-state index < -0.39 is 0 Å². The highest BCUT2D eigenvalue weighted by Gasteiger charge is 2.18. The van der Waals surface area contributed by atoms with Gasteiger partial charge in [0.1, 0.15) is 5.15 Å². The highest BCUT2D eigenvalue weighted by atomic mass is 35.5. The van der Waals surface area contributed by atoms with Crippen molar-refractivity contribution in [2.45, 2.75) is 39.5 Å². The predicted molar refractivity (Wildman–Crippen MR) is 80.0 cm³/mol. The SMILES string of the molecule is CCCCN(CCCC)C(=O)c1cc(Cl)ncc1Cl. The maximum Gasteiger partial charge on any atom is 0.255 e. The van der Waals surface area contributed by atoms with Gasteiger partial charge < -0.3 is 4.90 Å². The average Bonchev–Trinajstić information content (AvgIpc) is 2.41. The number of carbonyl (C=O) groups excluding carboxylic acids is 1. The summed E-state index contributed by atoms with van der Waals surface area (Å²) in [5.74, 6) is -0.0591. The van der Waals surface area contributed by atoms with E-state index in [9.17, 15) is 4.79 Å². The largest absolute Gasteiger partial charge is 0.339 e. The van der Waals surface area contributed by atoms with Crippen LogP contribution in [0, 0.1) is 0 Å². The molecule has 0 radical (unpaired) electrons. The van der Waals surface area contributed by atoms with E-state index >= 15 is 0 Å². The quantitative estimate of drug-likeness (QED) is 0.698. The molecule has 19 heavy (non-hydrogen) atoms. The van der Waals surface area contributed by atoms with Crippen LogP contribution in [0.1, 0.15) is 49.9 Å². The van der Waals surface area contributed by atoms with Gasteiger partial charge in [0.25, 0.3) is 5.91 Å². The van der Waals surface area contributed by atoms with Crippen LogP contribution < -0.4 is 0 Å². The number of unbranched alkanes of at least 4 members (excludes halogenated alkanes) is 2. The van der Waals surface area contributed by atoms with Crippen LogP contribution in [0.5, 0.6) is 0 Å². The minimum atomic E-state index is -0.0591. The van der Waals surface area contributed by atoms with Gasteiger partial charge in [-0.1, -0.05) is 49.9 Å². The van der Waals surface area contributed by atoms with Crippen LogP contribution in [0.4, 0.5) is 0 Å². The van der Waals surface area contributed by atoms with Crippen LogP contribution in [0.2, 0.25) is 10.2 Å². The van der Waals surface area contributed by atoms with Gasteiger partial charge in [-0.3, -0.25) is 4.79 Å². The van der Waals surface area contributed by atoms with E-state index in [0.29, 0.717) is 15.7 Å². The molecule has 0 unspecified atom stereocenters. The molecule has 1 heterocycles. The van der Waals surface area contributed by atoms with Gasteiger partial charge in [-0.25, -0.2) is 4.98 Å². The second kappa shape index (κ2) is 8.39. The van der Waals surface area contributed by atoms with E-state index in [1.54, 1.807) is 0 Å². The third kappa shape index (κ3) is 5.00. The van der Waals surface area contributed by atoms with Gasteiger partial charge in [0.05, 0.1) is 10.6 Å². The lowest BCUT2D eigenvalue weighted by Crippen LogP contribution is -2.33. The molecule has 0 aliphatic carbocycles. The number of hydrogen-bond donors (Lipinski definition) is 0.